The second kappa shape index (κ2) is 7.38. The van der Waals surface area contributed by atoms with Gasteiger partial charge in [0, 0.05) is 0 Å². The normalized spacial score (nSPS) is 9.84. The van der Waals surface area contributed by atoms with Crippen molar-refractivity contribution < 1.29 is 28.9 Å². The van der Waals surface area contributed by atoms with Gasteiger partial charge in [0.2, 0.25) is 0 Å². The molecule has 0 aliphatic heterocycles. The third kappa shape index (κ3) is 4.26. The molecular weight excluding hydrogens is 252 g/mol. The SMILES string of the molecule is COC(=O)CC(=O)c1cc(OC)ccc1OCCO. The van der Waals surface area contributed by atoms with E-state index in [1.165, 1.54) is 20.3 Å². The first-order valence-electron chi connectivity index (χ1n) is 5.64. The summed E-state index contributed by atoms with van der Waals surface area (Å²) in [6, 6.07) is 4.67. The van der Waals surface area contributed by atoms with Crippen LogP contribution in [0.1, 0.15) is 16.8 Å². The van der Waals surface area contributed by atoms with E-state index in [-0.39, 0.29) is 25.2 Å². The second-order valence-corrected chi connectivity index (χ2v) is 3.61. The fraction of sp³-hybridized carbons (Fsp3) is 0.385. The van der Waals surface area contributed by atoms with Gasteiger partial charge in [0.15, 0.2) is 5.78 Å². The maximum absolute atomic E-state index is 12.0. The largest absolute Gasteiger partial charge is 0.497 e. The summed E-state index contributed by atoms with van der Waals surface area (Å²) in [6.07, 6.45) is -0.376. The fourth-order valence-electron chi connectivity index (χ4n) is 1.43. The van der Waals surface area contributed by atoms with Crippen molar-refractivity contribution in [2.45, 2.75) is 6.42 Å². The number of rotatable bonds is 7. The molecule has 0 spiro atoms. The van der Waals surface area contributed by atoms with Crippen molar-refractivity contribution in [3.63, 3.8) is 0 Å². The van der Waals surface area contributed by atoms with Gasteiger partial charge in [0.05, 0.1) is 26.4 Å². The lowest BCUT2D eigenvalue weighted by Crippen LogP contribution is -2.12. The number of ketones is 1. The van der Waals surface area contributed by atoms with Gasteiger partial charge in [0.25, 0.3) is 0 Å². The molecule has 6 heteroatoms. The molecule has 1 N–H and O–H groups in total. The number of aliphatic hydroxyl groups is 1. The first kappa shape index (κ1) is 15.0. The number of hydrogen-bond acceptors (Lipinski definition) is 6. The highest BCUT2D eigenvalue weighted by atomic mass is 16.5. The van der Waals surface area contributed by atoms with E-state index in [9.17, 15) is 9.59 Å². The molecule has 19 heavy (non-hydrogen) atoms. The molecule has 0 atom stereocenters. The number of ether oxygens (including phenoxy) is 3. The van der Waals surface area contributed by atoms with Crippen molar-refractivity contribution in [3.05, 3.63) is 23.8 Å². The maximum Gasteiger partial charge on any atom is 0.313 e. The molecule has 0 radical (unpaired) electrons. The molecule has 1 aromatic carbocycles. The Morgan fingerprint density at radius 1 is 1.26 bits per heavy atom. The van der Waals surface area contributed by atoms with E-state index in [1.807, 2.05) is 0 Å². The van der Waals surface area contributed by atoms with E-state index >= 15 is 0 Å². The predicted molar refractivity (Wildman–Crippen MR) is 66.5 cm³/mol. The van der Waals surface area contributed by atoms with Gasteiger partial charge in [-0.1, -0.05) is 0 Å². The van der Waals surface area contributed by atoms with E-state index < -0.39 is 11.8 Å². The van der Waals surface area contributed by atoms with E-state index in [0.717, 1.165) is 0 Å². The van der Waals surface area contributed by atoms with E-state index in [0.29, 0.717) is 11.5 Å². The fourth-order valence-corrected chi connectivity index (χ4v) is 1.43. The Morgan fingerprint density at radius 3 is 2.58 bits per heavy atom. The van der Waals surface area contributed by atoms with Crippen LogP contribution in [0.3, 0.4) is 0 Å². The molecule has 0 heterocycles. The Balaban J connectivity index is 2.99. The molecule has 104 valence electrons. The molecule has 0 aromatic heterocycles. The summed E-state index contributed by atoms with van der Waals surface area (Å²) in [5.74, 6) is -0.284. The summed E-state index contributed by atoms with van der Waals surface area (Å²) < 4.78 is 14.7. The molecule has 0 saturated heterocycles. The van der Waals surface area contributed by atoms with Gasteiger partial charge in [-0.05, 0) is 18.2 Å². The maximum atomic E-state index is 12.0. The van der Waals surface area contributed by atoms with Gasteiger partial charge >= 0.3 is 5.97 Å². The standard InChI is InChI=1S/C13H16O6/c1-17-9-3-4-12(19-6-5-14)10(7-9)11(15)8-13(16)18-2/h3-4,7,14H,5-6,8H2,1-2H3. The van der Waals surface area contributed by atoms with Crippen molar-refractivity contribution in [2.24, 2.45) is 0 Å². The minimum atomic E-state index is -0.624. The van der Waals surface area contributed by atoms with Crippen LogP contribution in [0.4, 0.5) is 0 Å². The van der Waals surface area contributed by atoms with Crippen LogP contribution in [0.5, 0.6) is 11.5 Å². The Labute approximate surface area is 110 Å². The lowest BCUT2D eigenvalue weighted by Gasteiger charge is -2.11. The molecule has 0 fully saturated rings. The van der Waals surface area contributed by atoms with Crippen LogP contribution in [0.25, 0.3) is 0 Å². The molecule has 0 amide bonds. The van der Waals surface area contributed by atoms with Crippen molar-refractivity contribution in [1.82, 2.24) is 0 Å². The number of carbonyl (C=O) groups excluding carboxylic acids is 2. The monoisotopic (exact) mass is 268 g/mol. The summed E-state index contributed by atoms with van der Waals surface area (Å²) in [4.78, 5) is 23.1. The number of hydrogen-bond donors (Lipinski definition) is 1. The summed E-state index contributed by atoms with van der Waals surface area (Å²) in [6.45, 7) is -0.110. The topological polar surface area (TPSA) is 82.1 Å². The number of esters is 1. The first-order chi connectivity index (χ1) is 9.12. The van der Waals surface area contributed by atoms with Crippen molar-refractivity contribution in [2.75, 3.05) is 27.4 Å². The van der Waals surface area contributed by atoms with Gasteiger partial charge in [-0.3, -0.25) is 9.59 Å². The third-order valence-corrected chi connectivity index (χ3v) is 2.37. The highest BCUT2D eigenvalue weighted by Gasteiger charge is 2.17. The van der Waals surface area contributed by atoms with Gasteiger partial charge in [-0.25, -0.2) is 0 Å². The Bertz CT molecular complexity index is 454. The molecule has 0 saturated carbocycles. The second-order valence-electron chi connectivity index (χ2n) is 3.61. The number of benzene rings is 1. The molecule has 0 bridgehead atoms. The van der Waals surface area contributed by atoms with Crippen LogP contribution >= 0.6 is 0 Å². The summed E-state index contributed by atoms with van der Waals surface area (Å²) >= 11 is 0. The number of Topliss-reactive ketones (excluding diaryl/α,β-unsaturated/α-hetero) is 1. The minimum absolute atomic E-state index is 0.0604. The molecule has 0 aliphatic rings. The van der Waals surface area contributed by atoms with Crippen LogP contribution in [0.2, 0.25) is 0 Å². The summed E-state index contributed by atoms with van der Waals surface area (Å²) in [7, 11) is 2.68. The van der Waals surface area contributed by atoms with Gasteiger partial charge < -0.3 is 19.3 Å². The smallest absolute Gasteiger partial charge is 0.313 e. The van der Waals surface area contributed by atoms with Crippen molar-refractivity contribution in [3.8, 4) is 11.5 Å². The minimum Gasteiger partial charge on any atom is -0.497 e. The molecule has 1 aromatic rings. The molecule has 1 rings (SSSR count). The van der Waals surface area contributed by atoms with Gasteiger partial charge in [-0.2, -0.15) is 0 Å². The van der Waals surface area contributed by atoms with Gasteiger partial charge in [-0.15, -0.1) is 0 Å². The lowest BCUT2D eigenvalue weighted by atomic mass is 10.1. The zero-order valence-electron chi connectivity index (χ0n) is 10.8. The van der Waals surface area contributed by atoms with Crippen LogP contribution < -0.4 is 9.47 Å². The Kier molecular flexibility index (Phi) is 5.81. The highest BCUT2D eigenvalue weighted by molar-refractivity contribution is 6.07. The molecule has 0 aliphatic carbocycles. The Morgan fingerprint density at radius 2 is 2.00 bits per heavy atom. The predicted octanol–water partition coefficient (Wildman–Crippen LogP) is 0.812. The summed E-state index contributed by atoms with van der Waals surface area (Å²) in [5.41, 5.74) is 0.221. The lowest BCUT2D eigenvalue weighted by molar-refractivity contribution is -0.139. The number of carbonyl (C=O) groups is 2. The number of methoxy groups -OCH3 is 2. The van der Waals surface area contributed by atoms with E-state index in [1.54, 1.807) is 12.1 Å². The molecule has 0 unspecified atom stereocenters. The Hall–Kier alpha value is -2.08. The summed E-state index contributed by atoms with van der Waals surface area (Å²) in [5, 5.41) is 8.73. The van der Waals surface area contributed by atoms with E-state index in [4.69, 9.17) is 14.6 Å². The third-order valence-electron chi connectivity index (χ3n) is 2.37. The van der Waals surface area contributed by atoms with E-state index in [2.05, 4.69) is 4.74 Å². The van der Waals surface area contributed by atoms with Crippen molar-refractivity contribution >= 4 is 11.8 Å². The van der Waals surface area contributed by atoms with Crippen LogP contribution in [-0.2, 0) is 9.53 Å². The van der Waals surface area contributed by atoms with Crippen LogP contribution in [0, 0.1) is 0 Å². The average Bonchev–Trinajstić information content (AvgIpc) is 2.44. The molecular formula is C13H16O6. The highest BCUT2D eigenvalue weighted by Crippen LogP contribution is 2.25. The quantitative estimate of drug-likeness (QED) is 0.448. The zero-order valence-corrected chi connectivity index (χ0v) is 10.8. The van der Waals surface area contributed by atoms with Gasteiger partial charge in [0.1, 0.15) is 24.5 Å². The first-order valence-corrected chi connectivity index (χ1v) is 5.64. The van der Waals surface area contributed by atoms with Crippen LogP contribution in [-0.4, -0.2) is 44.3 Å². The molecule has 6 nitrogen and oxygen atoms in total. The zero-order chi connectivity index (χ0) is 14.3. The average molecular weight is 268 g/mol. The number of aliphatic hydroxyl groups excluding tert-OH is 1. The van der Waals surface area contributed by atoms with Crippen LogP contribution in [0.15, 0.2) is 18.2 Å². The van der Waals surface area contributed by atoms with Crippen molar-refractivity contribution in [1.29, 1.82) is 0 Å².